The zero-order chi connectivity index (χ0) is 21.7. The minimum Gasteiger partial charge on any atom is -0.493 e. The minimum absolute atomic E-state index is 0.164. The maximum Gasteiger partial charge on any atom is 0.321 e. The van der Waals surface area contributed by atoms with Gasteiger partial charge in [0, 0.05) is 5.75 Å². The Labute approximate surface area is 185 Å². The van der Waals surface area contributed by atoms with Gasteiger partial charge in [-0.3, -0.25) is 10.1 Å². The van der Waals surface area contributed by atoms with E-state index in [1.54, 1.807) is 13.2 Å². The van der Waals surface area contributed by atoms with Crippen LogP contribution in [0.25, 0.3) is 0 Å². The van der Waals surface area contributed by atoms with E-state index in [1.807, 2.05) is 24.3 Å². The van der Waals surface area contributed by atoms with Crippen molar-refractivity contribution < 1.29 is 24.1 Å². The third-order valence-electron chi connectivity index (χ3n) is 4.76. The summed E-state index contributed by atoms with van der Waals surface area (Å²) in [6, 6.07) is 11.0. The molecule has 1 heterocycles. The van der Waals surface area contributed by atoms with Gasteiger partial charge in [-0.05, 0) is 35.2 Å². The number of carboxylic acids is 1. The maximum atomic E-state index is 11.2. The number of aliphatic carboxylic acids is 1. The molecule has 0 radical (unpaired) electrons. The molecule has 1 fully saturated rings. The van der Waals surface area contributed by atoms with Crippen LogP contribution in [0.2, 0.25) is 5.02 Å². The van der Waals surface area contributed by atoms with Crippen LogP contribution in [0.3, 0.4) is 0 Å². The standard InChI is InChI=1S/C22H26ClNO5S/c1-13(2)15-6-4-5-7-18(15)28-8-9-29-20-16(23)10-14(11-19(20)27-3)21-24-17(12-30-21)22(25)26/h4-7,10-11,13,17,21,24H,8-9,12H2,1-3H3,(H,25,26). The monoisotopic (exact) mass is 451 g/mol. The Hall–Kier alpha value is -2.09. The van der Waals surface area contributed by atoms with Crippen molar-refractivity contribution in [2.45, 2.75) is 31.2 Å². The average molecular weight is 452 g/mol. The van der Waals surface area contributed by atoms with Crippen LogP contribution in [0.15, 0.2) is 36.4 Å². The third kappa shape index (κ3) is 5.33. The van der Waals surface area contributed by atoms with Gasteiger partial charge in [-0.2, -0.15) is 0 Å². The van der Waals surface area contributed by atoms with E-state index < -0.39 is 12.0 Å². The van der Waals surface area contributed by atoms with Gasteiger partial charge in [0.05, 0.1) is 17.5 Å². The molecule has 1 saturated heterocycles. The minimum atomic E-state index is -0.859. The third-order valence-corrected chi connectivity index (χ3v) is 6.31. The van der Waals surface area contributed by atoms with E-state index in [9.17, 15) is 4.79 Å². The number of ether oxygens (including phenoxy) is 3. The van der Waals surface area contributed by atoms with Gasteiger partial charge in [-0.15, -0.1) is 11.8 Å². The molecule has 0 aromatic heterocycles. The highest BCUT2D eigenvalue weighted by Crippen LogP contribution is 2.42. The molecule has 2 N–H and O–H groups in total. The van der Waals surface area contributed by atoms with Crippen LogP contribution in [0.1, 0.15) is 36.3 Å². The highest BCUT2D eigenvalue weighted by atomic mass is 35.5. The van der Waals surface area contributed by atoms with Crippen molar-refractivity contribution in [3.05, 3.63) is 52.5 Å². The molecule has 0 bridgehead atoms. The summed E-state index contributed by atoms with van der Waals surface area (Å²) < 4.78 is 17.2. The van der Waals surface area contributed by atoms with Gasteiger partial charge in [0.15, 0.2) is 11.5 Å². The molecular weight excluding hydrogens is 426 g/mol. The van der Waals surface area contributed by atoms with Crippen molar-refractivity contribution >= 4 is 29.3 Å². The molecule has 0 amide bonds. The summed E-state index contributed by atoms with van der Waals surface area (Å²) in [5.74, 6) is 1.80. The van der Waals surface area contributed by atoms with Crippen molar-refractivity contribution in [1.29, 1.82) is 0 Å². The Morgan fingerprint density at radius 3 is 2.63 bits per heavy atom. The largest absolute Gasteiger partial charge is 0.493 e. The lowest BCUT2D eigenvalue weighted by Gasteiger charge is -2.18. The summed E-state index contributed by atoms with van der Waals surface area (Å²) >= 11 is 7.98. The predicted octanol–water partition coefficient (Wildman–Crippen LogP) is 4.72. The topological polar surface area (TPSA) is 77.0 Å². The second-order valence-electron chi connectivity index (χ2n) is 7.19. The van der Waals surface area contributed by atoms with Gasteiger partial charge in [0.1, 0.15) is 25.0 Å². The highest BCUT2D eigenvalue weighted by molar-refractivity contribution is 7.99. The van der Waals surface area contributed by atoms with Crippen LogP contribution in [0.4, 0.5) is 0 Å². The lowest BCUT2D eigenvalue weighted by Crippen LogP contribution is -2.33. The smallest absolute Gasteiger partial charge is 0.321 e. The van der Waals surface area contributed by atoms with Crippen molar-refractivity contribution in [1.82, 2.24) is 5.32 Å². The zero-order valence-electron chi connectivity index (χ0n) is 17.2. The molecule has 0 spiro atoms. The van der Waals surface area contributed by atoms with Crippen molar-refractivity contribution in [2.24, 2.45) is 0 Å². The SMILES string of the molecule is COc1cc(C2NC(C(=O)O)CS2)cc(Cl)c1OCCOc1ccccc1C(C)C. The Kier molecular flexibility index (Phi) is 7.75. The quantitative estimate of drug-likeness (QED) is 0.534. The normalized spacial score (nSPS) is 18.4. The molecule has 2 unspecified atom stereocenters. The number of para-hydroxylation sites is 1. The average Bonchev–Trinajstić information content (AvgIpc) is 3.22. The van der Waals surface area contributed by atoms with E-state index in [2.05, 4.69) is 25.2 Å². The van der Waals surface area contributed by atoms with Crippen LogP contribution in [0.5, 0.6) is 17.2 Å². The molecule has 30 heavy (non-hydrogen) atoms. The summed E-state index contributed by atoms with van der Waals surface area (Å²) in [4.78, 5) is 11.2. The van der Waals surface area contributed by atoms with Gasteiger partial charge >= 0.3 is 5.97 Å². The number of thioether (sulfide) groups is 1. The van der Waals surface area contributed by atoms with E-state index >= 15 is 0 Å². The number of carboxylic acid groups (broad SMARTS) is 1. The van der Waals surface area contributed by atoms with E-state index in [0.717, 1.165) is 16.9 Å². The van der Waals surface area contributed by atoms with Crippen molar-refractivity contribution in [3.63, 3.8) is 0 Å². The first-order valence-electron chi connectivity index (χ1n) is 9.73. The molecule has 1 aliphatic rings. The molecule has 6 nitrogen and oxygen atoms in total. The van der Waals surface area contributed by atoms with Crippen LogP contribution >= 0.6 is 23.4 Å². The highest BCUT2D eigenvalue weighted by Gasteiger charge is 2.31. The molecule has 2 aromatic carbocycles. The Morgan fingerprint density at radius 1 is 1.23 bits per heavy atom. The number of benzene rings is 2. The van der Waals surface area contributed by atoms with Gasteiger partial charge in [0.2, 0.25) is 0 Å². The fraction of sp³-hybridized carbons (Fsp3) is 0.409. The van der Waals surface area contributed by atoms with Gasteiger partial charge < -0.3 is 19.3 Å². The fourth-order valence-electron chi connectivity index (χ4n) is 3.22. The maximum absolute atomic E-state index is 11.2. The molecule has 0 aliphatic carbocycles. The first-order chi connectivity index (χ1) is 14.4. The number of rotatable bonds is 9. The number of hydrogen-bond donors (Lipinski definition) is 2. The van der Waals surface area contributed by atoms with Gasteiger partial charge in [-0.25, -0.2) is 0 Å². The Morgan fingerprint density at radius 2 is 1.97 bits per heavy atom. The molecule has 1 aliphatic heterocycles. The van der Waals surface area contributed by atoms with Crippen LogP contribution in [-0.4, -0.2) is 43.2 Å². The molecule has 0 saturated carbocycles. The van der Waals surface area contributed by atoms with E-state index in [-0.39, 0.29) is 5.37 Å². The summed E-state index contributed by atoms with van der Waals surface area (Å²) in [5.41, 5.74) is 2.00. The van der Waals surface area contributed by atoms with Gasteiger partial charge in [0.25, 0.3) is 0 Å². The summed E-state index contributed by atoms with van der Waals surface area (Å²) in [7, 11) is 1.55. The number of carbonyl (C=O) groups is 1. The second kappa shape index (κ2) is 10.3. The molecule has 8 heteroatoms. The number of methoxy groups -OCH3 is 1. The summed E-state index contributed by atoms with van der Waals surface area (Å²) in [6.45, 7) is 4.92. The first-order valence-corrected chi connectivity index (χ1v) is 11.2. The van der Waals surface area contributed by atoms with E-state index in [4.69, 9.17) is 30.9 Å². The lowest BCUT2D eigenvalue weighted by atomic mass is 10.0. The fourth-order valence-corrected chi connectivity index (χ4v) is 4.71. The zero-order valence-corrected chi connectivity index (χ0v) is 18.8. The van der Waals surface area contributed by atoms with E-state index in [1.165, 1.54) is 11.8 Å². The van der Waals surface area contributed by atoms with Crippen molar-refractivity contribution in [2.75, 3.05) is 26.1 Å². The summed E-state index contributed by atoms with van der Waals surface area (Å²) in [6.07, 6.45) is 0. The Balaban J connectivity index is 1.63. The molecule has 2 aromatic rings. The van der Waals surface area contributed by atoms with E-state index in [0.29, 0.717) is 41.4 Å². The van der Waals surface area contributed by atoms with Crippen molar-refractivity contribution in [3.8, 4) is 17.2 Å². The van der Waals surface area contributed by atoms with Crippen LogP contribution in [0, 0.1) is 0 Å². The molecular formula is C22H26ClNO5S. The first kappa shape index (κ1) is 22.6. The van der Waals surface area contributed by atoms with Gasteiger partial charge in [-0.1, -0.05) is 43.6 Å². The predicted molar refractivity (Wildman–Crippen MR) is 119 cm³/mol. The molecule has 3 rings (SSSR count). The number of nitrogens with one attached hydrogen (secondary N) is 1. The molecule has 2 atom stereocenters. The molecule has 162 valence electrons. The second-order valence-corrected chi connectivity index (χ2v) is 8.74. The van der Waals surface area contributed by atoms with Crippen LogP contribution in [-0.2, 0) is 4.79 Å². The Bertz CT molecular complexity index is 892. The lowest BCUT2D eigenvalue weighted by molar-refractivity contribution is -0.138. The van der Waals surface area contributed by atoms with Crippen LogP contribution < -0.4 is 19.5 Å². The number of hydrogen-bond acceptors (Lipinski definition) is 6. The number of halogens is 1. The summed E-state index contributed by atoms with van der Waals surface area (Å²) in [5, 5.41) is 12.5.